The van der Waals surface area contributed by atoms with Crippen molar-refractivity contribution in [1.29, 1.82) is 0 Å². The SMILES string of the molecule is CCCc1ccc(C(C)C)o1. The van der Waals surface area contributed by atoms with Crippen LogP contribution in [0.2, 0.25) is 0 Å². The van der Waals surface area contributed by atoms with Gasteiger partial charge in [-0.25, -0.2) is 0 Å². The van der Waals surface area contributed by atoms with Crippen LogP contribution >= 0.6 is 0 Å². The van der Waals surface area contributed by atoms with E-state index in [4.69, 9.17) is 4.42 Å². The number of rotatable bonds is 3. The average Bonchev–Trinajstić information content (AvgIpc) is 2.37. The summed E-state index contributed by atoms with van der Waals surface area (Å²) in [5.74, 6) is 2.74. The van der Waals surface area contributed by atoms with Crippen molar-refractivity contribution in [2.45, 2.75) is 39.5 Å². The van der Waals surface area contributed by atoms with Gasteiger partial charge in [0, 0.05) is 12.3 Å². The van der Waals surface area contributed by atoms with Crippen LogP contribution in [0.4, 0.5) is 0 Å². The Morgan fingerprint density at radius 1 is 1.36 bits per heavy atom. The third-order valence-corrected chi connectivity index (χ3v) is 1.75. The predicted molar refractivity (Wildman–Crippen MR) is 46.8 cm³/mol. The molecular formula is C10H16O. The quantitative estimate of drug-likeness (QED) is 0.647. The largest absolute Gasteiger partial charge is 0.466 e. The fourth-order valence-electron chi connectivity index (χ4n) is 1.09. The summed E-state index contributed by atoms with van der Waals surface area (Å²) in [6, 6.07) is 4.16. The zero-order valence-corrected chi connectivity index (χ0v) is 7.55. The molecule has 11 heavy (non-hydrogen) atoms. The Balaban J connectivity index is 2.66. The summed E-state index contributed by atoms with van der Waals surface area (Å²) in [6.45, 7) is 6.46. The van der Waals surface area contributed by atoms with Gasteiger partial charge in [-0.2, -0.15) is 0 Å². The molecule has 0 saturated heterocycles. The lowest BCUT2D eigenvalue weighted by molar-refractivity contribution is 0.445. The van der Waals surface area contributed by atoms with Crippen molar-refractivity contribution in [2.75, 3.05) is 0 Å². The molecule has 0 aliphatic heterocycles. The fourth-order valence-corrected chi connectivity index (χ4v) is 1.09. The Morgan fingerprint density at radius 2 is 2.09 bits per heavy atom. The minimum atomic E-state index is 0.514. The van der Waals surface area contributed by atoms with Crippen LogP contribution in [-0.4, -0.2) is 0 Å². The van der Waals surface area contributed by atoms with E-state index in [1.807, 2.05) is 0 Å². The molecule has 0 aromatic carbocycles. The molecule has 0 bridgehead atoms. The maximum atomic E-state index is 5.59. The van der Waals surface area contributed by atoms with Gasteiger partial charge in [-0.3, -0.25) is 0 Å². The molecule has 0 N–H and O–H groups in total. The summed E-state index contributed by atoms with van der Waals surface area (Å²) in [4.78, 5) is 0. The summed E-state index contributed by atoms with van der Waals surface area (Å²) in [5, 5.41) is 0. The second kappa shape index (κ2) is 3.61. The van der Waals surface area contributed by atoms with E-state index in [9.17, 15) is 0 Å². The second-order valence-electron chi connectivity index (χ2n) is 3.21. The molecule has 0 radical (unpaired) electrons. The molecule has 0 atom stereocenters. The minimum absolute atomic E-state index is 0.514. The summed E-state index contributed by atoms with van der Waals surface area (Å²) in [7, 11) is 0. The highest BCUT2D eigenvalue weighted by atomic mass is 16.3. The Kier molecular flexibility index (Phi) is 2.75. The van der Waals surface area contributed by atoms with Crippen molar-refractivity contribution < 1.29 is 4.42 Å². The van der Waals surface area contributed by atoms with E-state index in [0.717, 1.165) is 24.4 Å². The van der Waals surface area contributed by atoms with Crippen LogP contribution < -0.4 is 0 Å². The van der Waals surface area contributed by atoms with Gasteiger partial charge < -0.3 is 4.42 Å². The van der Waals surface area contributed by atoms with E-state index in [-0.39, 0.29) is 0 Å². The molecule has 0 unspecified atom stereocenters. The van der Waals surface area contributed by atoms with Crippen molar-refractivity contribution >= 4 is 0 Å². The van der Waals surface area contributed by atoms with Crippen molar-refractivity contribution in [3.8, 4) is 0 Å². The molecule has 0 saturated carbocycles. The first-order valence-electron chi connectivity index (χ1n) is 4.32. The van der Waals surface area contributed by atoms with Gasteiger partial charge >= 0.3 is 0 Å². The third-order valence-electron chi connectivity index (χ3n) is 1.75. The molecule has 1 heterocycles. The van der Waals surface area contributed by atoms with Crippen LogP contribution in [0.1, 0.15) is 44.6 Å². The van der Waals surface area contributed by atoms with Gasteiger partial charge in [0.2, 0.25) is 0 Å². The summed E-state index contributed by atoms with van der Waals surface area (Å²) in [6.07, 6.45) is 2.22. The van der Waals surface area contributed by atoms with E-state index in [0.29, 0.717) is 5.92 Å². The van der Waals surface area contributed by atoms with Crippen LogP contribution in [0.3, 0.4) is 0 Å². The van der Waals surface area contributed by atoms with Gasteiger partial charge in [0.15, 0.2) is 0 Å². The zero-order valence-electron chi connectivity index (χ0n) is 7.55. The topological polar surface area (TPSA) is 13.1 Å². The molecule has 62 valence electrons. The van der Waals surface area contributed by atoms with E-state index >= 15 is 0 Å². The highest BCUT2D eigenvalue weighted by molar-refractivity contribution is 5.09. The van der Waals surface area contributed by atoms with Crippen LogP contribution in [0, 0.1) is 0 Å². The van der Waals surface area contributed by atoms with Crippen LogP contribution in [-0.2, 0) is 6.42 Å². The van der Waals surface area contributed by atoms with Crippen LogP contribution in [0.15, 0.2) is 16.5 Å². The van der Waals surface area contributed by atoms with E-state index in [1.165, 1.54) is 0 Å². The highest BCUT2D eigenvalue weighted by Crippen LogP contribution is 2.18. The predicted octanol–water partition coefficient (Wildman–Crippen LogP) is 3.36. The van der Waals surface area contributed by atoms with Crippen molar-refractivity contribution in [1.82, 2.24) is 0 Å². The third kappa shape index (κ3) is 2.11. The number of hydrogen-bond donors (Lipinski definition) is 0. The Bertz CT molecular complexity index is 210. The first kappa shape index (κ1) is 8.38. The van der Waals surface area contributed by atoms with E-state index in [2.05, 4.69) is 32.9 Å². The summed E-state index contributed by atoms with van der Waals surface area (Å²) < 4.78 is 5.59. The number of aryl methyl sites for hydroxylation is 1. The molecule has 1 heteroatoms. The maximum absolute atomic E-state index is 5.59. The van der Waals surface area contributed by atoms with Gasteiger partial charge in [-0.15, -0.1) is 0 Å². The van der Waals surface area contributed by atoms with E-state index < -0.39 is 0 Å². The summed E-state index contributed by atoms with van der Waals surface area (Å²) in [5.41, 5.74) is 0. The lowest BCUT2D eigenvalue weighted by atomic mass is 10.2. The zero-order chi connectivity index (χ0) is 8.27. The Morgan fingerprint density at radius 3 is 2.55 bits per heavy atom. The molecule has 0 aliphatic rings. The second-order valence-corrected chi connectivity index (χ2v) is 3.21. The van der Waals surface area contributed by atoms with Crippen molar-refractivity contribution in [2.24, 2.45) is 0 Å². The van der Waals surface area contributed by atoms with Gasteiger partial charge in [-0.05, 0) is 18.6 Å². The Labute approximate surface area is 68.4 Å². The van der Waals surface area contributed by atoms with Gasteiger partial charge in [0.25, 0.3) is 0 Å². The first-order valence-corrected chi connectivity index (χ1v) is 4.32. The molecule has 0 spiro atoms. The molecular weight excluding hydrogens is 136 g/mol. The maximum Gasteiger partial charge on any atom is 0.106 e. The first-order chi connectivity index (χ1) is 5.24. The smallest absolute Gasteiger partial charge is 0.106 e. The van der Waals surface area contributed by atoms with Gasteiger partial charge in [-0.1, -0.05) is 20.8 Å². The van der Waals surface area contributed by atoms with Gasteiger partial charge in [0.1, 0.15) is 11.5 Å². The highest BCUT2D eigenvalue weighted by Gasteiger charge is 2.03. The van der Waals surface area contributed by atoms with E-state index in [1.54, 1.807) is 0 Å². The molecule has 0 amide bonds. The molecule has 1 rings (SSSR count). The standard InChI is InChI=1S/C10H16O/c1-4-5-9-6-7-10(11-9)8(2)3/h6-8H,4-5H2,1-3H3. The lowest BCUT2D eigenvalue weighted by Gasteiger charge is -1.97. The van der Waals surface area contributed by atoms with Crippen molar-refractivity contribution in [3.05, 3.63) is 23.7 Å². The normalized spacial score (nSPS) is 10.9. The van der Waals surface area contributed by atoms with Crippen LogP contribution in [0.25, 0.3) is 0 Å². The molecule has 1 nitrogen and oxygen atoms in total. The number of hydrogen-bond acceptors (Lipinski definition) is 1. The van der Waals surface area contributed by atoms with Gasteiger partial charge in [0.05, 0.1) is 0 Å². The minimum Gasteiger partial charge on any atom is -0.466 e. The fraction of sp³-hybridized carbons (Fsp3) is 0.600. The molecule has 1 aromatic rings. The molecule has 0 aliphatic carbocycles. The average molecular weight is 152 g/mol. The van der Waals surface area contributed by atoms with Crippen molar-refractivity contribution in [3.63, 3.8) is 0 Å². The molecule has 0 fully saturated rings. The lowest BCUT2D eigenvalue weighted by Crippen LogP contribution is -1.81. The number of furan rings is 1. The molecule has 1 aromatic heterocycles. The van der Waals surface area contributed by atoms with Crippen LogP contribution in [0.5, 0.6) is 0 Å². The Hall–Kier alpha value is -0.720. The monoisotopic (exact) mass is 152 g/mol. The summed E-state index contributed by atoms with van der Waals surface area (Å²) >= 11 is 0.